The summed E-state index contributed by atoms with van der Waals surface area (Å²) in [5.41, 5.74) is 1.27. The van der Waals surface area contributed by atoms with Crippen molar-refractivity contribution >= 4 is 21.8 Å². The Morgan fingerprint density at radius 3 is 2.82 bits per heavy atom. The molecule has 94 valence electrons. The van der Waals surface area contributed by atoms with Crippen LogP contribution in [0.3, 0.4) is 0 Å². The van der Waals surface area contributed by atoms with E-state index in [2.05, 4.69) is 28.2 Å². The van der Waals surface area contributed by atoms with Gasteiger partial charge in [0.05, 0.1) is 0 Å². The molecular formula is C13H18BrNO2. The maximum atomic E-state index is 11.7. The first-order chi connectivity index (χ1) is 8.04. The van der Waals surface area contributed by atoms with Crippen LogP contribution in [0.25, 0.3) is 0 Å². The molecule has 3 nitrogen and oxygen atoms in total. The van der Waals surface area contributed by atoms with Crippen LogP contribution in [-0.2, 0) is 0 Å². The molecule has 1 atom stereocenters. The summed E-state index contributed by atoms with van der Waals surface area (Å²) in [5.74, 6) is 0.0145. The summed E-state index contributed by atoms with van der Waals surface area (Å²) in [5, 5.41) is 12.3. The standard InChI is InChI=1S/C13H18BrNO2/c1-3-11(14)6-7-15-13(17)10-5-4-9(2)12(16)8-10/h4-5,8,11,16H,3,6-7H2,1-2H3,(H,15,17). The van der Waals surface area contributed by atoms with E-state index in [0.717, 1.165) is 18.4 Å². The molecule has 4 heteroatoms. The zero-order valence-corrected chi connectivity index (χ0v) is 11.8. The van der Waals surface area contributed by atoms with Gasteiger partial charge >= 0.3 is 0 Å². The van der Waals surface area contributed by atoms with Crippen molar-refractivity contribution in [2.45, 2.75) is 31.5 Å². The van der Waals surface area contributed by atoms with Crippen LogP contribution in [0.4, 0.5) is 0 Å². The minimum Gasteiger partial charge on any atom is -0.508 e. The van der Waals surface area contributed by atoms with Gasteiger partial charge in [0, 0.05) is 16.9 Å². The van der Waals surface area contributed by atoms with Crippen LogP contribution in [0, 0.1) is 6.92 Å². The predicted molar refractivity (Wildman–Crippen MR) is 72.8 cm³/mol. The molecule has 17 heavy (non-hydrogen) atoms. The first-order valence-corrected chi connectivity index (χ1v) is 6.68. The lowest BCUT2D eigenvalue weighted by molar-refractivity contribution is 0.0953. The number of carbonyl (C=O) groups is 1. The highest BCUT2D eigenvalue weighted by Crippen LogP contribution is 2.17. The average molecular weight is 300 g/mol. The minimum atomic E-state index is -0.142. The van der Waals surface area contributed by atoms with Gasteiger partial charge in [-0.3, -0.25) is 4.79 Å². The maximum absolute atomic E-state index is 11.7. The first kappa shape index (κ1) is 14.0. The van der Waals surface area contributed by atoms with E-state index in [-0.39, 0.29) is 11.7 Å². The van der Waals surface area contributed by atoms with E-state index in [4.69, 9.17) is 0 Å². The van der Waals surface area contributed by atoms with Gasteiger partial charge in [0.15, 0.2) is 0 Å². The summed E-state index contributed by atoms with van der Waals surface area (Å²) in [6.07, 6.45) is 1.95. The molecule has 0 saturated heterocycles. The predicted octanol–water partition coefficient (Wildman–Crippen LogP) is 2.99. The summed E-state index contributed by atoms with van der Waals surface area (Å²) in [7, 11) is 0. The summed E-state index contributed by atoms with van der Waals surface area (Å²) in [6, 6.07) is 4.95. The number of carbonyl (C=O) groups excluding carboxylic acids is 1. The van der Waals surface area contributed by atoms with E-state index in [9.17, 15) is 9.90 Å². The van der Waals surface area contributed by atoms with E-state index in [1.165, 1.54) is 6.07 Å². The Morgan fingerprint density at radius 2 is 2.24 bits per heavy atom. The van der Waals surface area contributed by atoms with Crippen LogP contribution >= 0.6 is 15.9 Å². The summed E-state index contributed by atoms with van der Waals surface area (Å²) in [4.78, 5) is 12.2. The van der Waals surface area contributed by atoms with Crippen molar-refractivity contribution in [3.05, 3.63) is 29.3 Å². The second kappa shape index (κ2) is 6.64. The molecule has 0 radical (unpaired) electrons. The molecule has 0 aliphatic carbocycles. The Bertz CT molecular complexity index is 393. The highest BCUT2D eigenvalue weighted by atomic mass is 79.9. The fourth-order valence-corrected chi connectivity index (χ4v) is 1.63. The molecule has 0 aliphatic rings. The zero-order chi connectivity index (χ0) is 12.8. The van der Waals surface area contributed by atoms with Crippen molar-refractivity contribution in [3.63, 3.8) is 0 Å². The normalized spacial score (nSPS) is 12.2. The molecule has 0 fully saturated rings. The van der Waals surface area contributed by atoms with E-state index >= 15 is 0 Å². The monoisotopic (exact) mass is 299 g/mol. The largest absolute Gasteiger partial charge is 0.508 e. The van der Waals surface area contributed by atoms with E-state index in [1.54, 1.807) is 19.1 Å². The van der Waals surface area contributed by atoms with Gasteiger partial charge in [-0.2, -0.15) is 0 Å². The van der Waals surface area contributed by atoms with Crippen molar-refractivity contribution in [2.24, 2.45) is 0 Å². The molecule has 1 aromatic carbocycles. The van der Waals surface area contributed by atoms with Gasteiger partial charge in [-0.05, 0) is 37.5 Å². The minimum absolute atomic E-state index is 0.142. The smallest absolute Gasteiger partial charge is 0.251 e. The molecule has 0 spiro atoms. The topological polar surface area (TPSA) is 49.3 Å². The Balaban J connectivity index is 2.50. The molecule has 1 aromatic rings. The van der Waals surface area contributed by atoms with E-state index in [1.807, 2.05) is 0 Å². The van der Waals surface area contributed by atoms with Crippen LogP contribution in [0.2, 0.25) is 0 Å². The van der Waals surface area contributed by atoms with Crippen molar-refractivity contribution < 1.29 is 9.90 Å². The van der Waals surface area contributed by atoms with Gasteiger partial charge in [-0.25, -0.2) is 0 Å². The van der Waals surface area contributed by atoms with Crippen molar-refractivity contribution in [1.82, 2.24) is 5.32 Å². The number of benzene rings is 1. The number of hydrogen-bond acceptors (Lipinski definition) is 2. The third-order valence-corrected chi connectivity index (χ3v) is 3.76. The number of rotatable bonds is 5. The second-order valence-electron chi connectivity index (χ2n) is 4.05. The molecule has 1 rings (SSSR count). The molecule has 1 amide bonds. The number of hydrogen-bond donors (Lipinski definition) is 2. The molecule has 0 aliphatic heterocycles. The number of aromatic hydroxyl groups is 1. The highest BCUT2D eigenvalue weighted by molar-refractivity contribution is 9.09. The summed E-state index contributed by atoms with van der Waals surface area (Å²) < 4.78 is 0. The van der Waals surface area contributed by atoms with Crippen molar-refractivity contribution in [3.8, 4) is 5.75 Å². The second-order valence-corrected chi connectivity index (χ2v) is 5.35. The third-order valence-electron chi connectivity index (χ3n) is 2.66. The van der Waals surface area contributed by atoms with Gasteiger partial charge < -0.3 is 10.4 Å². The maximum Gasteiger partial charge on any atom is 0.251 e. The van der Waals surface area contributed by atoms with Gasteiger partial charge in [0.1, 0.15) is 5.75 Å². The molecular weight excluding hydrogens is 282 g/mol. The lowest BCUT2D eigenvalue weighted by Crippen LogP contribution is -2.25. The van der Waals surface area contributed by atoms with Crippen LogP contribution in [0.1, 0.15) is 35.7 Å². The van der Waals surface area contributed by atoms with Crippen molar-refractivity contribution in [1.29, 1.82) is 0 Å². The van der Waals surface area contributed by atoms with E-state index < -0.39 is 0 Å². The lowest BCUT2D eigenvalue weighted by atomic mass is 10.1. The van der Waals surface area contributed by atoms with Gasteiger partial charge in [0.2, 0.25) is 0 Å². The average Bonchev–Trinajstić information content (AvgIpc) is 2.32. The zero-order valence-electron chi connectivity index (χ0n) is 10.2. The number of nitrogens with one attached hydrogen (secondary N) is 1. The van der Waals surface area contributed by atoms with Crippen LogP contribution in [-0.4, -0.2) is 22.4 Å². The molecule has 0 saturated carbocycles. The Morgan fingerprint density at radius 1 is 1.53 bits per heavy atom. The van der Waals surface area contributed by atoms with Crippen LogP contribution < -0.4 is 5.32 Å². The lowest BCUT2D eigenvalue weighted by Gasteiger charge is -2.09. The number of amides is 1. The number of phenolic OH excluding ortho intramolecular Hbond substituents is 1. The van der Waals surface area contributed by atoms with Crippen molar-refractivity contribution in [2.75, 3.05) is 6.54 Å². The van der Waals surface area contributed by atoms with Gasteiger partial charge in [-0.15, -0.1) is 0 Å². The fourth-order valence-electron chi connectivity index (χ4n) is 1.40. The van der Waals surface area contributed by atoms with Crippen LogP contribution in [0.5, 0.6) is 5.75 Å². The number of phenols is 1. The number of alkyl halides is 1. The Labute approximate surface area is 110 Å². The number of aryl methyl sites for hydroxylation is 1. The Hall–Kier alpha value is -1.03. The quantitative estimate of drug-likeness (QED) is 0.821. The fraction of sp³-hybridized carbons (Fsp3) is 0.462. The molecule has 0 bridgehead atoms. The highest BCUT2D eigenvalue weighted by Gasteiger charge is 2.08. The van der Waals surface area contributed by atoms with Crippen LogP contribution in [0.15, 0.2) is 18.2 Å². The number of halogens is 1. The molecule has 1 unspecified atom stereocenters. The third kappa shape index (κ3) is 4.38. The van der Waals surface area contributed by atoms with Gasteiger partial charge in [0.25, 0.3) is 5.91 Å². The van der Waals surface area contributed by atoms with Gasteiger partial charge in [-0.1, -0.05) is 28.9 Å². The van der Waals surface area contributed by atoms with E-state index in [0.29, 0.717) is 16.9 Å². The summed E-state index contributed by atoms with van der Waals surface area (Å²) in [6.45, 7) is 4.53. The first-order valence-electron chi connectivity index (χ1n) is 5.76. The Kier molecular flexibility index (Phi) is 5.48. The molecule has 0 aromatic heterocycles. The molecule has 2 N–H and O–H groups in total. The SMILES string of the molecule is CCC(Br)CCNC(=O)c1ccc(C)c(O)c1. The summed E-state index contributed by atoms with van der Waals surface area (Å²) >= 11 is 3.51. The molecule has 0 heterocycles.